The van der Waals surface area contributed by atoms with Crippen molar-refractivity contribution in [2.75, 3.05) is 11.9 Å². The van der Waals surface area contributed by atoms with E-state index < -0.39 is 5.97 Å². The molecule has 3 rings (SSSR count). The maximum absolute atomic E-state index is 12.3. The molecule has 0 saturated carbocycles. The number of hydrogen-bond acceptors (Lipinski definition) is 5. The van der Waals surface area contributed by atoms with Crippen LogP contribution in [-0.2, 0) is 11.2 Å². The molecule has 1 amide bonds. The fourth-order valence-electron chi connectivity index (χ4n) is 2.70. The molecule has 2 aromatic heterocycles. The lowest BCUT2D eigenvalue weighted by atomic mass is 10.1. The van der Waals surface area contributed by atoms with Crippen molar-refractivity contribution in [2.24, 2.45) is 5.92 Å². The Labute approximate surface area is 162 Å². The molecule has 8 heteroatoms. The predicted molar refractivity (Wildman–Crippen MR) is 105 cm³/mol. The van der Waals surface area contributed by atoms with Crippen LogP contribution in [0.25, 0.3) is 5.69 Å². The van der Waals surface area contributed by atoms with Crippen molar-refractivity contribution in [1.82, 2.24) is 20.0 Å². The van der Waals surface area contributed by atoms with Gasteiger partial charge in [0.05, 0.1) is 12.3 Å². The number of ether oxygens (including phenoxy) is 1. The maximum Gasteiger partial charge on any atom is 0.358 e. The number of nitrogens with zero attached hydrogens (tertiary/aromatic N) is 3. The fourth-order valence-corrected chi connectivity index (χ4v) is 2.70. The summed E-state index contributed by atoms with van der Waals surface area (Å²) in [4.78, 5) is 24.1. The third-order valence-electron chi connectivity index (χ3n) is 3.96. The Balaban J connectivity index is 1.65. The summed E-state index contributed by atoms with van der Waals surface area (Å²) in [7, 11) is 0. The molecule has 0 spiro atoms. The van der Waals surface area contributed by atoms with Crippen LogP contribution in [-0.4, -0.2) is 38.5 Å². The molecule has 0 atom stereocenters. The lowest BCUT2D eigenvalue weighted by molar-refractivity contribution is 0.0519. The lowest BCUT2D eigenvalue weighted by Crippen LogP contribution is -2.12. The summed E-state index contributed by atoms with van der Waals surface area (Å²) in [5, 5.41) is 14.0. The number of aromatic nitrogens is 4. The van der Waals surface area contributed by atoms with E-state index in [1.165, 1.54) is 0 Å². The van der Waals surface area contributed by atoms with Gasteiger partial charge in [-0.2, -0.15) is 10.2 Å². The van der Waals surface area contributed by atoms with Crippen molar-refractivity contribution >= 4 is 17.6 Å². The first-order chi connectivity index (χ1) is 13.5. The Morgan fingerprint density at radius 2 is 1.93 bits per heavy atom. The van der Waals surface area contributed by atoms with Crippen molar-refractivity contribution in [3.8, 4) is 5.69 Å². The molecule has 0 aliphatic carbocycles. The van der Waals surface area contributed by atoms with E-state index in [1.807, 2.05) is 0 Å². The average molecular weight is 381 g/mol. The number of aromatic amines is 1. The SMILES string of the molecule is CCOC(=O)c1ccn(-c2ccc(NC(=O)c3cc(CC(C)C)[nH]n3)cc2)n1. The summed E-state index contributed by atoms with van der Waals surface area (Å²) < 4.78 is 6.51. The van der Waals surface area contributed by atoms with Gasteiger partial charge in [0.2, 0.25) is 0 Å². The van der Waals surface area contributed by atoms with Gasteiger partial charge in [-0.25, -0.2) is 9.48 Å². The van der Waals surface area contributed by atoms with Crippen LogP contribution in [0.4, 0.5) is 5.69 Å². The number of anilines is 1. The number of benzene rings is 1. The minimum atomic E-state index is -0.457. The van der Waals surface area contributed by atoms with Gasteiger partial charge in [0.1, 0.15) is 0 Å². The van der Waals surface area contributed by atoms with E-state index >= 15 is 0 Å². The van der Waals surface area contributed by atoms with Crippen LogP contribution in [0.15, 0.2) is 42.6 Å². The highest BCUT2D eigenvalue weighted by Gasteiger charge is 2.13. The van der Waals surface area contributed by atoms with Crippen LogP contribution in [0.2, 0.25) is 0 Å². The third-order valence-corrected chi connectivity index (χ3v) is 3.96. The molecule has 0 unspecified atom stereocenters. The maximum atomic E-state index is 12.3. The Kier molecular flexibility index (Phi) is 5.88. The zero-order chi connectivity index (χ0) is 20.1. The molecule has 0 bridgehead atoms. The van der Waals surface area contributed by atoms with Crippen LogP contribution >= 0.6 is 0 Å². The predicted octanol–water partition coefficient (Wildman–Crippen LogP) is 3.22. The van der Waals surface area contributed by atoms with Gasteiger partial charge in [0.15, 0.2) is 11.4 Å². The van der Waals surface area contributed by atoms with Gasteiger partial charge in [0, 0.05) is 17.6 Å². The van der Waals surface area contributed by atoms with Gasteiger partial charge in [-0.15, -0.1) is 0 Å². The molecule has 2 heterocycles. The third kappa shape index (κ3) is 4.64. The van der Waals surface area contributed by atoms with Gasteiger partial charge < -0.3 is 10.1 Å². The smallest absolute Gasteiger partial charge is 0.358 e. The molecule has 28 heavy (non-hydrogen) atoms. The van der Waals surface area contributed by atoms with Crippen molar-refractivity contribution < 1.29 is 14.3 Å². The van der Waals surface area contributed by atoms with E-state index in [2.05, 4.69) is 34.5 Å². The van der Waals surface area contributed by atoms with Crippen molar-refractivity contribution in [3.05, 3.63) is 59.7 Å². The highest BCUT2D eigenvalue weighted by atomic mass is 16.5. The molecular weight excluding hydrogens is 358 g/mol. The molecule has 0 aliphatic heterocycles. The normalized spacial score (nSPS) is 10.9. The second kappa shape index (κ2) is 8.51. The summed E-state index contributed by atoms with van der Waals surface area (Å²) in [5.41, 5.74) is 2.93. The van der Waals surface area contributed by atoms with Crippen molar-refractivity contribution in [1.29, 1.82) is 0 Å². The first-order valence-electron chi connectivity index (χ1n) is 9.15. The number of H-pyrrole nitrogens is 1. The molecule has 2 N–H and O–H groups in total. The van der Waals surface area contributed by atoms with Crippen LogP contribution in [0.3, 0.4) is 0 Å². The van der Waals surface area contributed by atoms with Gasteiger partial charge in [-0.05, 0) is 55.7 Å². The Bertz CT molecular complexity index is 956. The van der Waals surface area contributed by atoms with Crippen molar-refractivity contribution in [3.63, 3.8) is 0 Å². The summed E-state index contributed by atoms with van der Waals surface area (Å²) in [6.07, 6.45) is 2.52. The largest absolute Gasteiger partial charge is 0.461 e. The van der Waals surface area contributed by atoms with Crippen LogP contribution < -0.4 is 5.32 Å². The molecule has 8 nitrogen and oxygen atoms in total. The second-order valence-corrected chi connectivity index (χ2v) is 6.74. The van der Waals surface area contributed by atoms with Gasteiger partial charge in [0.25, 0.3) is 5.91 Å². The Morgan fingerprint density at radius 3 is 2.61 bits per heavy atom. The minimum absolute atomic E-state index is 0.245. The topological polar surface area (TPSA) is 102 Å². The highest BCUT2D eigenvalue weighted by Crippen LogP contribution is 2.15. The molecule has 146 valence electrons. The molecule has 0 fully saturated rings. The van der Waals surface area contributed by atoms with Gasteiger partial charge in [-0.1, -0.05) is 13.8 Å². The highest BCUT2D eigenvalue weighted by molar-refractivity contribution is 6.02. The number of nitrogens with one attached hydrogen (secondary N) is 2. The quantitative estimate of drug-likeness (QED) is 0.612. The van der Waals surface area contributed by atoms with E-state index in [0.717, 1.165) is 17.8 Å². The average Bonchev–Trinajstić information content (AvgIpc) is 3.32. The van der Waals surface area contributed by atoms with E-state index in [4.69, 9.17) is 4.74 Å². The molecule has 0 saturated heterocycles. The number of amides is 1. The molecule has 0 aliphatic rings. The summed E-state index contributed by atoms with van der Waals surface area (Å²) in [6.45, 7) is 6.26. The van der Waals surface area contributed by atoms with Gasteiger partial charge >= 0.3 is 5.97 Å². The minimum Gasteiger partial charge on any atom is -0.461 e. The van der Waals surface area contributed by atoms with E-state index in [0.29, 0.717) is 23.9 Å². The second-order valence-electron chi connectivity index (χ2n) is 6.74. The summed E-state index contributed by atoms with van der Waals surface area (Å²) >= 11 is 0. The zero-order valence-electron chi connectivity index (χ0n) is 16.1. The number of hydrogen-bond donors (Lipinski definition) is 2. The van der Waals surface area contributed by atoms with Gasteiger partial charge in [-0.3, -0.25) is 9.89 Å². The first-order valence-corrected chi connectivity index (χ1v) is 9.15. The number of carbonyl (C=O) groups is 2. The fraction of sp³-hybridized carbons (Fsp3) is 0.300. The number of rotatable bonds is 7. The Morgan fingerprint density at radius 1 is 1.18 bits per heavy atom. The molecule has 0 radical (unpaired) electrons. The van der Waals surface area contributed by atoms with E-state index in [9.17, 15) is 9.59 Å². The number of esters is 1. The Hall–Kier alpha value is -3.42. The van der Waals surface area contributed by atoms with Crippen LogP contribution in [0, 0.1) is 5.92 Å². The molecule has 3 aromatic rings. The molecular formula is C20H23N5O3. The standard InChI is InChI=1S/C20H23N5O3/c1-4-28-20(27)17-9-10-25(24-17)16-7-5-14(6-8-16)21-19(26)18-12-15(22-23-18)11-13(2)3/h5-10,12-13H,4,11H2,1-3H3,(H,21,26)(H,22,23). The van der Waals surface area contributed by atoms with E-state index in [1.54, 1.807) is 54.2 Å². The van der Waals surface area contributed by atoms with Crippen LogP contribution in [0.5, 0.6) is 0 Å². The van der Waals surface area contributed by atoms with Crippen LogP contribution in [0.1, 0.15) is 47.4 Å². The monoisotopic (exact) mass is 381 g/mol. The summed E-state index contributed by atoms with van der Waals surface area (Å²) in [5.74, 6) is -0.251. The lowest BCUT2D eigenvalue weighted by Gasteiger charge is -2.05. The summed E-state index contributed by atoms with van der Waals surface area (Å²) in [6, 6.07) is 10.5. The number of carbonyl (C=O) groups excluding carboxylic acids is 2. The van der Waals surface area contributed by atoms with E-state index in [-0.39, 0.29) is 11.6 Å². The molecule has 1 aromatic carbocycles. The first kappa shape index (κ1) is 19.3. The zero-order valence-corrected chi connectivity index (χ0v) is 16.1. The van der Waals surface area contributed by atoms with Crippen molar-refractivity contribution in [2.45, 2.75) is 27.2 Å².